The Kier molecular flexibility index (Phi) is 6.06. The zero-order valence-corrected chi connectivity index (χ0v) is 16.3. The van der Waals surface area contributed by atoms with Crippen LogP contribution < -0.4 is 10.1 Å². The van der Waals surface area contributed by atoms with Gasteiger partial charge in [-0.15, -0.1) is 11.3 Å². The summed E-state index contributed by atoms with van der Waals surface area (Å²) in [6.07, 6.45) is 0. The average molecular weight is 398 g/mol. The number of anilines is 1. The minimum absolute atomic E-state index is 0.159. The van der Waals surface area contributed by atoms with E-state index in [4.69, 9.17) is 4.74 Å². The summed E-state index contributed by atoms with van der Waals surface area (Å²) in [6.45, 7) is 0.242. The Morgan fingerprint density at radius 2 is 1.96 bits per heavy atom. The first-order chi connectivity index (χ1) is 13.5. The number of nitrogens with one attached hydrogen (secondary N) is 1. The zero-order valence-electron chi connectivity index (χ0n) is 15.4. The standard InChI is InChI=1S/C21H19FN2O3S/c1-24(13-14-8-9-18(27-2)17(22)11-14)21(26)15-5-3-6-16(12-15)23-20(25)19-7-4-10-28-19/h3-12H,13H2,1-2H3,(H,23,25). The number of carbonyl (C=O) groups is 2. The molecule has 0 spiro atoms. The van der Waals surface area contributed by atoms with Crippen LogP contribution in [0.4, 0.5) is 10.1 Å². The molecule has 3 aromatic rings. The second-order valence-corrected chi connectivity index (χ2v) is 7.09. The number of ether oxygens (including phenoxy) is 1. The summed E-state index contributed by atoms with van der Waals surface area (Å²) in [5, 5.41) is 4.61. The van der Waals surface area contributed by atoms with Crippen LogP contribution in [-0.4, -0.2) is 30.9 Å². The van der Waals surface area contributed by atoms with E-state index in [2.05, 4.69) is 5.32 Å². The van der Waals surface area contributed by atoms with Gasteiger partial charge in [-0.2, -0.15) is 0 Å². The number of methoxy groups -OCH3 is 1. The molecule has 3 rings (SSSR count). The number of hydrogen-bond acceptors (Lipinski definition) is 4. The molecule has 0 bridgehead atoms. The minimum Gasteiger partial charge on any atom is -0.494 e. The van der Waals surface area contributed by atoms with Crippen LogP contribution in [0.25, 0.3) is 0 Å². The summed E-state index contributed by atoms with van der Waals surface area (Å²) in [7, 11) is 3.04. The first-order valence-corrected chi connectivity index (χ1v) is 9.38. The van der Waals surface area contributed by atoms with E-state index in [1.165, 1.54) is 35.5 Å². The molecule has 0 aliphatic heterocycles. The molecule has 0 atom stereocenters. The number of hydrogen-bond donors (Lipinski definition) is 1. The number of thiophene rings is 1. The number of carbonyl (C=O) groups excluding carboxylic acids is 2. The van der Waals surface area contributed by atoms with Gasteiger partial charge in [-0.1, -0.05) is 18.2 Å². The third kappa shape index (κ3) is 4.55. The highest BCUT2D eigenvalue weighted by atomic mass is 32.1. The Hall–Kier alpha value is -3.19. The van der Waals surface area contributed by atoms with Crippen LogP contribution in [0.2, 0.25) is 0 Å². The maximum Gasteiger partial charge on any atom is 0.265 e. The van der Waals surface area contributed by atoms with E-state index in [1.807, 2.05) is 5.38 Å². The molecule has 0 aliphatic rings. The summed E-state index contributed by atoms with van der Waals surface area (Å²) in [6, 6.07) is 14.9. The molecule has 1 heterocycles. The third-order valence-electron chi connectivity index (χ3n) is 4.10. The summed E-state index contributed by atoms with van der Waals surface area (Å²) in [5.41, 5.74) is 1.62. The molecule has 2 amide bonds. The fraction of sp³-hybridized carbons (Fsp3) is 0.143. The van der Waals surface area contributed by atoms with Crippen molar-refractivity contribution in [3.05, 3.63) is 81.8 Å². The van der Waals surface area contributed by atoms with E-state index in [0.717, 1.165) is 0 Å². The molecule has 0 saturated heterocycles. The summed E-state index contributed by atoms with van der Waals surface area (Å²) in [5.74, 6) is -0.767. The van der Waals surface area contributed by atoms with Gasteiger partial charge in [0.05, 0.1) is 12.0 Å². The lowest BCUT2D eigenvalue weighted by atomic mass is 10.1. The predicted octanol–water partition coefficient (Wildman–Crippen LogP) is 4.42. The number of benzene rings is 2. The highest BCUT2D eigenvalue weighted by Gasteiger charge is 2.15. The van der Waals surface area contributed by atoms with Gasteiger partial charge in [0.1, 0.15) is 0 Å². The topological polar surface area (TPSA) is 58.6 Å². The maximum atomic E-state index is 13.8. The van der Waals surface area contributed by atoms with Crippen molar-refractivity contribution >= 4 is 28.8 Å². The normalized spacial score (nSPS) is 10.4. The van der Waals surface area contributed by atoms with Crippen LogP contribution in [-0.2, 0) is 6.54 Å². The minimum atomic E-state index is -0.473. The molecule has 0 unspecified atom stereocenters. The molecule has 144 valence electrons. The van der Waals surface area contributed by atoms with Crippen molar-refractivity contribution in [3.63, 3.8) is 0 Å². The van der Waals surface area contributed by atoms with Gasteiger partial charge in [0.25, 0.3) is 11.8 Å². The third-order valence-corrected chi connectivity index (χ3v) is 4.96. The van der Waals surface area contributed by atoms with E-state index < -0.39 is 5.82 Å². The summed E-state index contributed by atoms with van der Waals surface area (Å²) in [4.78, 5) is 27.0. The molecular weight excluding hydrogens is 379 g/mol. The fourth-order valence-corrected chi connectivity index (χ4v) is 3.32. The van der Waals surface area contributed by atoms with Gasteiger partial charge in [-0.25, -0.2) is 4.39 Å². The Morgan fingerprint density at radius 3 is 2.64 bits per heavy atom. The molecule has 0 aliphatic carbocycles. The molecule has 5 nitrogen and oxygen atoms in total. The molecule has 7 heteroatoms. The lowest BCUT2D eigenvalue weighted by molar-refractivity contribution is 0.0784. The van der Waals surface area contributed by atoms with Gasteiger partial charge >= 0.3 is 0 Å². The quantitative estimate of drug-likeness (QED) is 0.669. The van der Waals surface area contributed by atoms with Crippen LogP contribution in [0, 0.1) is 5.82 Å². The van der Waals surface area contributed by atoms with Crippen molar-refractivity contribution in [1.82, 2.24) is 4.90 Å². The van der Waals surface area contributed by atoms with Crippen LogP contribution in [0.15, 0.2) is 60.0 Å². The fourth-order valence-electron chi connectivity index (χ4n) is 2.70. The van der Waals surface area contributed by atoms with Gasteiger partial charge in [-0.05, 0) is 47.3 Å². The lowest BCUT2D eigenvalue weighted by Crippen LogP contribution is -2.26. The highest BCUT2D eigenvalue weighted by Crippen LogP contribution is 2.20. The zero-order chi connectivity index (χ0) is 20.1. The van der Waals surface area contributed by atoms with Crippen molar-refractivity contribution in [2.24, 2.45) is 0 Å². The molecule has 28 heavy (non-hydrogen) atoms. The predicted molar refractivity (Wildman–Crippen MR) is 107 cm³/mol. The number of halogens is 1. The first-order valence-electron chi connectivity index (χ1n) is 8.50. The Bertz CT molecular complexity index is 989. The van der Waals surface area contributed by atoms with Crippen LogP contribution >= 0.6 is 11.3 Å². The Labute approximate surface area is 166 Å². The molecule has 0 radical (unpaired) electrons. The van der Waals surface area contributed by atoms with Crippen molar-refractivity contribution in [1.29, 1.82) is 0 Å². The van der Waals surface area contributed by atoms with Crippen molar-refractivity contribution in [2.75, 3.05) is 19.5 Å². The number of amides is 2. The highest BCUT2D eigenvalue weighted by molar-refractivity contribution is 7.12. The van der Waals surface area contributed by atoms with Gasteiger partial charge in [-0.3, -0.25) is 9.59 Å². The summed E-state index contributed by atoms with van der Waals surface area (Å²) < 4.78 is 18.8. The van der Waals surface area contributed by atoms with E-state index >= 15 is 0 Å². The second-order valence-electron chi connectivity index (χ2n) is 6.14. The van der Waals surface area contributed by atoms with Crippen molar-refractivity contribution in [2.45, 2.75) is 6.54 Å². The molecule has 1 aromatic heterocycles. The number of rotatable bonds is 6. The Morgan fingerprint density at radius 1 is 1.14 bits per heavy atom. The largest absolute Gasteiger partial charge is 0.494 e. The van der Waals surface area contributed by atoms with Gasteiger partial charge in [0, 0.05) is 24.8 Å². The molecule has 0 saturated carbocycles. The van der Waals surface area contributed by atoms with E-state index in [1.54, 1.807) is 49.5 Å². The van der Waals surface area contributed by atoms with Crippen LogP contribution in [0.5, 0.6) is 5.75 Å². The average Bonchev–Trinajstić information content (AvgIpc) is 3.23. The second kappa shape index (κ2) is 8.67. The molecule has 2 aromatic carbocycles. The van der Waals surface area contributed by atoms with E-state index in [0.29, 0.717) is 21.7 Å². The monoisotopic (exact) mass is 398 g/mol. The van der Waals surface area contributed by atoms with Gasteiger partial charge < -0.3 is 15.0 Å². The maximum absolute atomic E-state index is 13.8. The van der Waals surface area contributed by atoms with Crippen molar-refractivity contribution in [3.8, 4) is 5.75 Å². The van der Waals surface area contributed by atoms with Crippen LogP contribution in [0.3, 0.4) is 0 Å². The van der Waals surface area contributed by atoms with Crippen LogP contribution in [0.1, 0.15) is 25.6 Å². The van der Waals surface area contributed by atoms with E-state index in [-0.39, 0.29) is 24.1 Å². The SMILES string of the molecule is COc1ccc(CN(C)C(=O)c2cccc(NC(=O)c3cccs3)c2)cc1F. The molecule has 0 fully saturated rings. The van der Waals surface area contributed by atoms with Gasteiger partial charge in [0.15, 0.2) is 11.6 Å². The number of nitrogens with zero attached hydrogens (tertiary/aromatic N) is 1. The van der Waals surface area contributed by atoms with E-state index in [9.17, 15) is 14.0 Å². The Balaban J connectivity index is 1.69. The molecular formula is C21H19FN2O3S. The molecule has 1 N–H and O–H groups in total. The van der Waals surface area contributed by atoms with Gasteiger partial charge in [0.2, 0.25) is 0 Å². The lowest BCUT2D eigenvalue weighted by Gasteiger charge is -2.18. The summed E-state index contributed by atoms with van der Waals surface area (Å²) >= 11 is 1.34. The smallest absolute Gasteiger partial charge is 0.265 e. The van der Waals surface area contributed by atoms with Crippen molar-refractivity contribution < 1.29 is 18.7 Å². The first kappa shape index (κ1) is 19.6.